The highest BCUT2D eigenvalue weighted by atomic mass is 32.2. The molecule has 0 aliphatic heterocycles. The number of aliphatic hydroxyl groups excluding tert-OH is 1. The third-order valence-electron chi connectivity index (χ3n) is 5.65. The number of ether oxygens (including phenoxy) is 1. The van der Waals surface area contributed by atoms with Gasteiger partial charge in [-0.05, 0) is 31.2 Å². The fourth-order valence-electron chi connectivity index (χ4n) is 3.98. The molecule has 0 aromatic heterocycles. The van der Waals surface area contributed by atoms with Gasteiger partial charge in [-0.2, -0.15) is 11.8 Å². The van der Waals surface area contributed by atoms with Crippen molar-refractivity contribution in [3.8, 4) is 0 Å². The van der Waals surface area contributed by atoms with E-state index in [0.717, 1.165) is 12.0 Å². The number of esters is 1. The van der Waals surface area contributed by atoms with Crippen LogP contribution in [0.5, 0.6) is 0 Å². The number of carbonyl (C=O) groups excluding carboxylic acids is 2. The van der Waals surface area contributed by atoms with Crippen LogP contribution in [0.3, 0.4) is 0 Å². The third kappa shape index (κ3) is 9.98. The van der Waals surface area contributed by atoms with Crippen molar-refractivity contribution >= 4 is 23.6 Å². The molecule has 1 saturated carbocycles. The molecule has 2 rings (SSSR count). The van der Waals surface area contributed by atoms with E-state index in [1.807, 2.05) is 30.3 Å². The standard InChI is InChI=1S/C24H37NO4S/c1-2-29-24(28)15-16-30-18-22(26)21(17-20-11-7-4-8-12-20)25-23(27)14-13-19-9-5-3-6-10-19/h3,5-6,9-10,20-22,26H,2,4,7-8,11-18H2,1H3,(H,25,27)/t21-,22?/m0/s1. The second-order valence-corrected chi connectivity index (χ2v) is 9.25. The molecule has 2 N–H and O–H groups in total. The number of hydrogen-bond donors (Lipinski definition) is 2. The molecule has 1 aromatic rings. The lowest BCUT2D eigenvalue weighted by Crippen LogP contribution is -2.46. The number of nitrogens with one attached hydrogen (secondary N) is 1. The van der Waals surface area contributed by atoms with Crippen molar-refractivity contribution in [3.05, 3.63) is 35.9 Å². The van der Waals surface area contributed by atoms with Crippen LogP contribution in [0.15, 0.2) is 30.3 Å². The van der Waals surface area contributed by atoms with Crippen LogP contribution in [0.1, 0.15) is 63.9 Å². The fourth-order valence-corrected chi connectivity index (χ4v) is 4.94. The van der Waals surface area contributed by atoms with Gasteiger partial charge in [-0.15, -0.1) is 0 Å². The Balaban J connectivity index is 1.82. The van der Waals surface area contributed by atoms with Gasteiger partial charge in [-0.25, -0.2) is 0 Å². The summed E-state index contributed by atoms with van der Waals surface area (Å²) in [5.41, 5.74) is 1.14. The summed E-state index contributed by atoms with van der Waals surface area (Å²) in [7, 11) is 0. The quantitative estimate of drug-likeness (QED) is 0.360. The predicted molar refractivity (Wildman–Crippen MR) is 122 cm³/mol. The summed E-state index contributed by atoms with van der Waals surface area (Å²) in [6, 6.07) is 9.77. The van der Waals surface area contributed by atoms with Crippen LogP contribution >= 0.6 is 11.8 Å². The van der Waals surface area contributed by atoms with Gasteiger partial charge in [-0.1, -0.05) is 62.4 Å². The fraction of sp³-hybridized carbons (Fsp3) is 0.667. The van der Waals surface area contributed by atoms with Crippen molar-refractivity contribution in [3.63, 3.8) is 0 Å². The number of aliphatic hydroxyl groups is 1. The zero-order valence-electron chi connectivity index (χ0n) is 18.2. The summed E-state index contributed by atoms with van der Waals surface area (Å²) < 4.78 is 4.94. The van der Waals surface area contributed by atoms with Gasteiger partial charge in [0.25, 0.3) is 0 Å². The Kier molecular flexibility index (Phi) is 11.9. The Morgan fingerprint density at radius 1 is 1.17 bits per heavy atom. The lowest BCUT2D eigenvalue weighted by Gasteiger charge is -2.30. The second-order valence-electron chi connectivity index (χ2n) is 8.10. The average Bonchev–Trinajstić information content (AvgIpc) is 2.76. The molecular weight excluding hydrogens is 398 g/mol. The van der Waals surface area contributed by atoms with Crippen LogP contribution < -0.4 is 5.32 Å². The molecule has 1 aliphatic rings. The Hall–Kier alpha value is -1.53. The zero-order valence-corrected chi connectivity index (χ0v) is 19.0. The number of carbonyl (C=O) groups is 2. The van der Waals surface area contributed by atoms with Gasteiger partial charge in [0.05, 0.1) is 25.2 Å². The van der Waals surface area contributed by atoms with E-state index >= 15 is 0 Å². The SMILES string of the molecule is CCOC(=O)CCSCC(O)[C@H](CC1CCCCC1)NC(=O)CCc1ccccc1. The van der Waals surface area contributed by atoms with Crippen LogP contribution in [0.2, 0.25) is 0 Å². The van der Waals surface area contributed by atoms with Gasteiger partial charge >= 0.3 is 5.97 Å². The maximum atomic E-state index is 12.6. The van der Waals surface area contributed by atoms with E-state index in [4.69, 9.17) is 4.74 Å². The minimum atomic E-state index is -0.611. The lowest BCUT2D eigenvalue weighted by atomic mass is 9.84. The molecule has 1 aromatic carbocycles. The molecule has 1 aliphatic carbocycles. The van der Waals surface area contributed by atoms with Crippen molar-refractivity contribution < 1.29 is 19.4 Å². The van der Waals surface area contributed by atoms with Crippen molar-refractivity contribution in [1.29, 1.82) is 0 Å². The van der Waals surface area contributed by atoms with Crippen LogP contribution in [0, 0.1) is 5.92 Å². The zero-order chi connectivity index (χ0) is 21.6. The number of benzene rings is 1. The van der Waals surface area contributed by atoms with Crippen LogP contribution in [0.25, 0.3) is 0 Å². The van der Waals surface area contributed by atoms with Crippen LogP contribution in [-0.4, -0.2) is 47.2 Å². The first kappa shape index (κ1) is 24.7. The second kappa shape index (κ2) is 14.5. The van der Waals surface area contributed by atoms with Crippen LogP contribution in [0.4, 0.5) is 0 Å². The molecular formula is C24H37NO4S. The highest BCUT2D eigenvalue weighted by Crippen LogP contribution is 2.28. The first-order chi connectivity index (χ1) is 14.6. The topological polar surface area (TPSA) is 75.6 Å². The maximum absolute atomic E-state index is 12.6. The van der Waals surface area contributed by atoms with E-state index < -0.39 is 6.10 Å². The van der Waals surface area contributed by atoms with Gasteiger partial charge in [0.1, 0.15) is 0 Å². The van der Waals surface area contributed by atoms with E-state index in [1.54, 1.807) is 18.7 Å². The molecule has 1 fully saturated rings. The van der Waals surface area contributed by atoms with Gasteiger partial charge in [0, 0.05) is 17.9 Å². The summed E-state index contributed by atoms with van der Waals surface area (Å²) in [5.74, 6) is 1.49. The maximum Gasteiger partial charge on any atom is 0.306 e. The Bertz CT molecular complexity index is 619. The molecule has 5 nitrogen and oxygen atoms in total. The van der Waals surface area contributed by atoms with Crippen molar-refractivity contribution in [2.75, 3.05) is 18.1 Å². The third-order valence-corrected chi connectivity index (χ3v) is 6.72. The summed E-state index contributed by atoms with van der Waals surface area (Å²) >= 11 is 1.54. The smallest absolute Gasteiger partial charge is 0.306 e. The summed E-state index contributed by atoms with van der Waals surface area (Å²) in [4.78, 5) is 24.0. The molecule has 0 saturated heterocycles. The Morgan fingerprint density at radius 2 is 1.90 bits per heavy atom. The molecule has 1 unspecified atom stereocenters. The van der Waals surface area contributed by atoms with Crippen molar-refractivity contribution in [2.45, 2.75) is 76.9 Å². The van der Waals surface area contributed by atoms with Crippen molar-refractivity contribution in [1.82, 2.24) is 5.32 Å². The molecule has 0 spiro atoms. The number of thioether (sulfide) groups is 1. The van der Waals surface area contributed by atoms with Crippen molar-refractivity contribution in [2.24, 2.45) is 5.92 Å². The first-order valence-corrected chi connectivity index (χ1v) is 12.5. The summed E-state index contributed by atoms with van der Waals surface area (Å²) in [5, 5.41) is 13.9. The lowest BCUT2D eigenvalue weighted by molar-refractivity contribution is -0.142. The molecule has 0 bridgehead atoms. The minimum absolute atomic E-state index is 0.00441. The summed E-state index contributed by atoms with van der Waals surface area (Å²) in [6.07, 6.45) is 7.82. The Morgan fingerprint density at radius 3 is 2.60 bits per heavy atom. The molecule has 6 heteroatoms. The summed E-state index contributed by atoms with van der Waals surface area (Å²) in [6.45, 7) is 2.19. The van der Waals surface area contributed by atoms with Gasteiger partial charge in [0.15, 0.2) is 0 Å². The van der Waals surface area contributed by atoms with Gasteiger partial charge < -0.3 is 15.2 Å². The first-order valence-electron chi connectivity index (χ1n) is 11.3. The highest BCUT2D eigenvalue weighted by molar-refractivity contribution is 7.99. The van der Waals surface area contributed by atoms with Crippen LogP contribution in [-0.2, 0) is 20.7 Å². The molecule has 1 amide bonds. The van der Waals surface area contributed by atoms with E-state index in [-0.39, 0.29) is 17.9 Å². The average molecular weight is 436 g/mol. The monoisotopic (exact) mass is 435 g/mol. The largest absolute Gasteiger partial charge is 0.466 e. The van der Waals surface area contributed by atoms with E-state index in [1.165, 1.54) is 32.1 Å². The molecule has 0 heterocycles. The normalized spacial score (nSPS) is 16.6. The molecule has 30 heavy (non-hydrogen) atoms. The number of rotatable bonds is 13. The Labute approximate surface area is 185 Å². The number of hydrogen-bond acceptors (Lipinski definition) is 5. The molecule has 0 radical (unpaired) electrons. The van der Waals surface area contributed by atoms with E-state index in [2.05, 4.69) is 5.32 Å². The van der Waals surface area contributed by atoms with E-state index in [9.17, 15) is 14.7 Å². The minimum Gasteiger partial charge on any atom is -0.466 e. The number of aryl methyl sites for hydroxylation is 1. The number of amides is 1. The predicted octanol–water partition coefficient (Wildman–Crippen LogP) is 4.12. The van der Waals surface area contributed by atoms with Gasteiger partial charge in [0.2, 0.25) is 5.91 Å². The molecule has 168 valence electrons. The molecule has 2 atom stereocenters. The van der Waals surface area contributed by atoms with Gasteiger partial charge in [-0.3, -0.25) is 9.59 Å². The van der Waals surface area contributed by atoms with E-state index in [0.29, 0.717) is 43.3 Å². The highest BCUT2D eigenvalue weighted by Gasteiger charge is 2.26.